The van der Waals surface area contributed by atoms with Crippen molar-refractivity contribution in [3.05, 3.63) is 64.7 Å². The van der Waals surface area contributed by atoms with Gasteiger partial charge in [0.25, 0.3) is 0 Å². The maximum atomic E-state index is 6.03. The highest BCUT2D eigenvalue weighted by Gasteiger charge is 2.09. The Kier molecular flexibility index (Phi) is 4.99. The minimum Gasteiger partial charge on any atom is -0.389 e. The lowest BCUT2D eigenvalue weighted by molar-refractivity contribution is 0.805. The zero-order valence-electron chi connectivity index (χ0n) is 11.3. The summed E-state index contributed by atoms with van der Waals surface area (Å²) in [5.41, 5.74) is 8.73. The molecule has 0 amide bonds. The van der Waals surface area contributed by atoms with Crippen LogP contribution in [-0.4, -0.2) is 11.5 Å². The summed E-state index contributed by atoms with van der Waals surface area (Å²) < 4.78 is 0. The van der Waals surface area contributed by atoms with Gasteiger partial charge in [-0.3, -0.25) is 0 Å². The van der Waals surface area contributed by atoms with Gasteiger partial charge in [-0.1, -0.05) is 61.1 Å². The van der Waals surface area contributed by atoms with Crippen LogP contribution in [0.4, 0.5) is 5.69 Å². The third-order valence-corrected chi connectivity index (χ3v) is 3.67. The van der Waals surface area contributed by atoms with Gasteiger partial charge in [0.05, 0.1) is 0 Å². The first kappa shape index (κ1) is 14.8. The highest BCUT2D eigenvalue weighted by molar-refractivity contribution is 7.80. The van der Waals surface area contributed by atoms with Gasteiger partial charge in [-0.2, -0.15) is 0 Å². The zero-order chi connectivity index (χ0) is 14.5. The van der Waals surface area contributed by atoms with Gasteiger partial charge in [0.1, 0.15) is 4.99 Å². The molecule has 2 nitrogen and oxygen atoms in total. The van der Waals surface area contributed by atoms with E-state index in [2.05, 4.69) is 24.4 Å². The van der Waals surface area contributed by atoms with E-state index in [1.807, 2.05) is 30.3 Å². The van der Waals surface area contributed by atoms with Crippen molar-refractivity contribution in [2.45, 2.75) is 12.8 Å². The second-order valence-corrected chi connectivity index (χ2v) is 5.62. The quantitative estimate of drug-likeness (QED) is 0.813. The van der Waals surface area contributed by atoms with Crippen molar-refractivity contribution >= 4 is 34.5 Å². The van der Waals surface area contributed by atoms with Crippen LogP contribution in [0.3, 0.4) is 0 Å². The first-order valence-electron chi connectivity index (χ1n) is 6.46. The maximum Gasteiger partial charge on any atom is 0.106 e. The monoisotopic (exact) mass is 304 g/mol. The zero-order valence-corrected chi connectivity index (χ0v) is 12.8. The topological polar surface area (TPSA) is 38.0 Å². The van der Waals surface area contributed by atoms with Gasteiger partial charge in [0, 0.05) is 22.8 Å². The number of benzene rings is 2. The molecule has 0 saturated carbocycles. The summed E-state index contributed by atoms with van der Waals surface area (Å²) in [5, 5.41) is 4.05. The molecular weight excluding hydrogens is 288 g/mol. The molecule has 2 aromatic rings. The Morgan fingerprint density at radius 3 is 2.60 bits per heavy atom. The Labute approximate surface area is 130 Å². The Balaban J connectivity index is 2.11. The molecule has 0 aliphatic heterocycles. The van der Waals surface area contributed by atoms with Gasteiger partial charge in [0.2, 0.25) is 0 Å². The molecule has 0 radical (unpaired) electrons. The van der Waals surface area contributed by atoms with Gasteiger partial charge < -0.3 is 11.1 Å². The minimum atomic E-state index is 0.372. The molecule has 3 N–H and O–H groups in total. The molecule has 1 unspecified atom stereocenters. The van der Waals surface area contributed by atoms with E-state index in [1.165, 1.54) is 5.56 Å². The molecule has 20 heavy (non-hydrogen) atoms. The molecule has 0 heterocycles. The maximum absolute atomic E-state index is 6.03. The summed E-state index contributed by atoms with van der Waals surface area (Å²) in [5.74, 6) is 0.384. The van der Waals surface area contributed by atoms with Crippen molar-refractivity contribution in [2.24, 2.45) is 5.73 Å². The van der Waals surface area contributed by atoms with Crippen molar-refractivity contribution < 1.29 is 0 Å². The van der Waals surface area contributed by atoms with E-state index in [1.54, 1.807) is 6.07 Å². The van der Waals surface area contributed by atoms with Crippen molar-refractivity contribution in [1.82, 2.24) is 0 Å². The molecule has 2 aromatic carbocycles. The lowest BCUT2D eigenvalue weighted by atomic mass is 10.0. The fraction of sp³-hybridized carbons (Fsp3) is 0.188. The second kappa shape index (κ2) is 6.73. The number of hydrogen-bond acceptors (Lipinski definition) is 2. The van der Waals surface area contributed by atoms with Crippen LogP contribution in [-0.2, 0) is 0 Å². The standard InChI is InChI=1S/C16H17ClN2S/c1-11(12-5-3-2-4-6-12)10-19-15-9-13(17)7-8-14(15)16(18)20/h2-9,11,19H,10H2,1H3,(H2,18,20). The summed E-state index contributed by atoms with van der Waals surface area (Å²) in [4.78, 5) is 0.372. The number of nitrogens with two attached hydrogens (primary N) is 1. The van der Waals surface area contributed by atoms with E-state index >= 15 is 0 Å². The molecule has 1 atom stereocenters. The molecule has 4 heteroatoms. The van der Waals surface area contributed by atoms with Crippen LogP contribution in [0.2, 0.25) is 5.02 Å². The normalized spacial score (nSPS) is 11.9. The third kappa shape index (κ3) is 3.71. The Morgan fingerprint density at radius 2 is 1.95 bits per heavy atom. The van der Waals surface area contributed by atoms with E-state index < -0.39 is 0 Å². The smallest absolute Gasteiger partial charge is 0.106 e. The number of thiocarbonyl (C=S) groups is 1. The molecule has 0 spiro atoms. The molecule has 0 aromatic heterocycles. The molecule has 104 valence electrons. The lowest BCUT2D eigenvalue weighted by Gasteiger charge is -2.16. The summed E-state index contributed by atoms with van der Waals surface area (Å²) in [7, 11) is 0. The first-order valence-corrected chi connectivity index (χ1v) is 7.24. The van der Waals surface area contributed by atoms with Crippen molar-refractivity contribution in [3.63, 3.8) is 0 Å². The van der Waals surface area contributed by atoms with E-state index in [-0.39, 0.29) is 0 Å². The van der Waals surface area contributed by atoms with Crippen LogP contribution in [0.5, 0.6) is 0 Å². The fourth-order valence-corrected chi connectivity index (χ4v) is 2.39. The lowest BCUT2D eigenvalue weighted by Crippen LogP contribution is -2.16. The molecule has 0 aliphatic rings. The number of hydrogen-bond donors (Lipinski definition) is 2. The largest absolute Gasteiger partial charge is 0.389 e. The van der Waals surface area contributed by atoms with E-state index in [0.29, 0.717) is 15.9 Å². The van der Waals surface area contributed by atoms with Gasteiger partial charge in [0.15, 0.2) is 0 Å². The first-order chi connectivity index (χ1) is 9.58. The number of nitrogens with one attached hydrogen (secondary N) is 1. The predicted octanol–water partition coefficient (Wildman–Crippen LogP) is 4.19. The van der Waals surface area contributed by atoms with Crippen molar-refractivity contribution in [2.75, 3.05) is 11.9 Å². The van der Waals surface area contributed by atoms with Crippen LogP contribution in [0.15, 0.2) is 48.5 Å². The molecular formula is C16H17ClN2S. The fourth-order valence-electron chi connectivity index (χ4n) is 2.04. The summed E-state index contributed by atoms with van der Waals surface area (Å²) >= 11 is 11.1. The van der Waals surface area contributed by atoms with Crippen molar-refractivity contribution in [3.8, 4) is 0 Å². The summed E-state index contributed by atoms with van der Waals surface area (Å²) in [6.45, 7) is 2.97. The Hall–Kier alpha value is -1.58. The number of halogens is 1. The average Bonchev–Trinajstić information content (AvgIpc) is 2.45. The van der Waals surface area contributed by atoms with Gasteiger partial charge >= 0.3 is 0 Å². The van der Waals surface area contributed by atoms with Crippen LogP contribution in [0.25, 0.3) is 0 Å². The minimum absolute atomic E-state index is 0.372. The van der Waals surface area contributed by atoms with Crippen LogP contribution in [0.1, 0.15) is 24.0 Å². The van der Waals surface area contributed by atoms with Crippen LogP contribution in [0, 0.1) is 0 Å². The third-order valence-electron chi connectivity index (χ3n) is 3.21. The SMILES string of the molecule is CC(CNc1cc(Cl)ccc1C(N)=S)c1ccccc1. The molecule has 0 aliphatic carbocycles. The Morgan fingerprint density at radius 1 is 1.25 bits per heavy atom. The number of rotatable bonds is 5. The van der Waals surface area contributed by atoms with Gasteiger partial charge in [-0.15, -0.1) is 0 Å². The van der Waals surface area contributed by atoms with E-state index in [0.717, 1.165) is 17.8 Å². The summed E-state index contributed by atoms with van der Waals surface area (Å²) in [6, 6.07) is 15.9. The van der Waals surface area contributed by atoms with Crippen LogP contribution >= 0.6 is 23.8 Å². The molecule has 0 bridgehead atoms. The van der Waals surface area contributed by atoms with Gasteiger partial charge in [-0.25, -0.2) is 0 Å². The van der Waals surface area contributed by atoms with Gasteiger partial charge in [-0.05, 0) is 29.7 Å². The molecule has 0 fully saturated rings. The molecule has 0 saturated heterocycles. The highest BCUT2D eigenvalue weighted by Crippen LogP contribution is 2.23. The van der Waals surface area contributed by atoms with Crippen LogP contribution < -0.4 is 11.1 Å². The average molecular weight is 305 g/mol. The predicted molar refractivity (Wildman–Crippen MR) is 90.7 cm³/mol. The summed E-state index contributed by atoms with van der Waals surface area (Å²) in [6.07, 6.45) is 0. The van der Waals surface area contributed by atoms with E-state index in [4.69, 9.17) is 29.6 Å². The number of anilines is 1. The second-order valence-electron chi connectivity index (χ2n) is 4.75. The van der Waals surface area contributed by atoms with Crippen molar-refractivity contribution in [1.29, 1.82) is 0 Å². The van der Waals surface area contributed by atoms with E-state index in [9.17, 15) is 0 Å². The Bertz CT molecular complexity index is 599. The highest BCUT2D eigenvalue weighted by atomic mass is 35.5. The molecule has 2 rings (SSSR count).